The molecule has 2 saturated heterocycles. The summed E-state index contributed by atoms with van der Waals surface area (Å²) in [6.45, 7) is 2.16. The molecule has 0 aliphatic carbocycles. The molecule has 2 fully saturated rings. The summed E-state index contributed by atoms with van der Waals surface area (Å²) in [5.74, 6) is 1.78. The summed E-state index contributed by atoms with van der Waals surface area (Å²) < 4.78 is 14.0. The Morgan fingerprint density at radius 3 is 2.62 bits per heavy atom. The van der Waals surface area contributed by atoms with Crippen LogP contribution < -0.4 is 9.80 Å². The summed E-state index contributed by atoms with van der Waals surface area (Å²) >= 11 is 0. The molecule has 3 atom stereocenters. The first-order valence-electron chi connectivity index (χ1n) is 9.84. The van der Waals surface area contributed by atoms with Crippen LogP contribution in [-0.4, -0.2) is 73.6 Å². The van der Waals surface area contributed by atoms with E-state index in [2.05, 4.69) is 14.9 Å². The predicted molar refractivity (Wildman–Crippen MR) is 110 cm³/mol. The van der Waals surface area contributed by atoms with Gasteiger partial charge in [0.1, 0.15) is 11.6 Å². The van der Waals surface area contributed by atoms with Gasteiger partial charge in [-0.1, -0.05) is 12.1 Å². The van der Waals surface area contributed by atoms with E-state index in [1.807, 2.05) is 36.0 Å². The number of carbonyl (C=O) groups is 1. The van der Waals surface area contributed by atoms with Crippen LogP contribution in [0.5, 0.6) is 0 Å². The summed E-state index contributed by atoms with van der Waals surface area (Å²) in [6.07, 6.45) is 1.78. The molecule has 2 aliphatic heterocycles. The van der Waals surface area contributed by atoms with Crippen LogP contribution in [0.25, 0.3) is 0 Å². The number of likely N-dealkylation sites (tertiary alicyclic amines) is 1. The molecular formula is C21H27FN6O. The molecule has 8 heteroatoms. The van der Waals surface area contributed by atoms with Crippen molar-refractivity contribution >= 4 is 17.8 Å². The van der Waals surface area contributed by atoms with Crippen molar-refractivity contribution < 1.29 is 9.18 Å². The summed E-state index contributed by atoms with van der Waals surface area (Å²) in [5, 5.41) is 0. The van der Waals surface area contributed by atoms with Gasteiger partial charge in [-0.3, -0.25) is 0 Å². The average molecular weight is 398 g/mol. The number of nitrogens with zero attached hydrogens (tertiary/aromatic N) is 6. The number of anilines is 2. The molecule has 7 nitrogen and oxygen atoms in total. The van der Waals surface area contributed by atoms with Gasteiger partial charge in [0.2, 0.25) is 5.95 Å². The normalized spacial score (nSPS) is 23.3. The highest BCUT2D eigenvalue weighted by atomic mass is 19.1. The van der Waals surface area contributed by atoms with Gasteiger partial charge in [-0.25, -0.2) is 14.2 Å². The maximum Gasteiger partial charge on any atom is 0.320 e. The number of hydrogen-bond acceptors (Lipinski definition) is 5. The molecule has 0 bridgehead atoms. The minimum absolute atomic E-state index is 0.0360. The molecule has 0 unspecified atom stereocenters. The van der Waals surface area contributed by atoms with E-state index in [0.29, 0.717) is 18.4 Å². The van der Waals surface area contributed by atoms with Crippen LogP contribution in [0.4, 0.5) is 21.0 Å². The minimum Gasteiger partial charge on any atom is -0.363 e. The SMILES string of the molecule is CN(C)C(=O)N1C[C@H]2CN(c3nccc(N(C)C)n3)C[C@H]2[C@H]1c1cccc(F)c1. The fourth-order valence-corrected chi connectivity index (χ4v) is 4.52. The molecule has 2 aromatic rings. The molecule has 0 N–H and O–H groups in total. The lowest BCUT2D eigenvalue weighted by Gasteiger charge is -2.32. The molecule has 3 heterocycles. The van der Waals surface area contributed by atoms with E-state index in [1.54, 1.807) is 37.3 Å². The zero-order valence-electron chi connectivity index (χ0n) is 17.3. The molecule has 0 saturated carbocycles. The topological polar surface area (TPSA) is 55.8 Å². The Bertz CT molecular complexity index is 904. The van der Waals surface area contributed by atoms with Crippen molar-refractivity contribution in [2.45, 2.75) is 6.04 Å². The molecule has 1 aromatic heterocycles. The van der Waals surface area contributed by atoms with Crippen molar-refractivity contribution in [1.82, 2.24) is 19.8 Å². The van der Waals surface area contributed by atoms with Crippen LogP contribution in [0.15, 0.2) is 36.5 Å². The fourth-order valence-electron chi connectivity index (χ4n) is 4.52. The highest BCUT2D eigenvalue weighted by Crippen LogP contribution is 2.46. The molecule has 0 spiro atoms. The lowest BCUT2D eigenvalue weighted by molar-refractivity contribution is 0.159. The number of amides is 2. The first-order valence-corrected chi connectivity index (χ1v) is 9.84. The Kier molecular flexibility index (Phi) is 5.02. The second kappa shape index (κ2) is 7.50. The van der Waals surface area contributed by atoms with E-state index in [9.17, 15) is 9.18 Å². The lowest BCUT2D eigenvalue weighted by Crippen LogP contribution is -2.41. The van der Waals surface area contributed by atoms with E-state index >= 15 is 0 Å². The maximum absolute atomic E-state index is 14.0. The number of carbonyl (C=O) groups excluding carboxylic acids is 1. The van der Waals surface area contributed by atoms with Crippen molar-refractivity contribution in [2.75, 3.05) is 57.6 Å². The average Bonchev–Trinajstić information content (AvgIpc) is 3.25. The maximum atomic E-state index is 14.0. The van der Waals surface area contributed by atoms with Gasteiger partial charge in [0, 0.05) is 65.9 Å². The van der Waals surface area contributed by atoms with E-state index < -0.39 is 0 Å². The third-order valence-corrected chi connectivity index (χ3v) is 5.85. The van der Waals surface area contributed by atoms with Crippen molar-refractivity contribution in [3.05, 3.63) is 47.9 Å². The number of halogens is 1. The quantitative estimate of drug-likeness (QED) is 0.795. The van der Waals surface area contributed by atoms with Gasteiger partial charge in [-0.2, -0.15) is 4.98 Å². The monoisotopic (exact) mass is 398 g/mol. The largest absolute Gasteiger partial charge is 0.363 e. The van der Waals surface area contributed by atoms with Crippen molar-refractivity contribution in [3.63, 3.8) is 0 Å². The van der Waals surface area contributed by atoms with E-state index in [4.69, 9.17) is 0 Å². The van der Waals surface area contributed by atoms with Gasteiger partial charge < -0.3 is 19.6 Å². The first-order chi connectivity index (χ1) is 13.8. The number of fused-ring (bicyclic) bond motifs is 1. The molecule has 29 heavy (non-hydrogen) atoms. The molecular weight excluding hydrogens is 371 g/mol. The van der Waals surface area contributed by atoms with Crippen LogP contribution in [0.3, 0.4) is 0 Å². The van der Waals surface area contributed by atoms with Crippen molar-refractivity contribution in [1.29, 1.82) is 0 Å². The Hall–Kier alpha value is -2.90. The predicted octanol–water partition coefficient (Wildman–Crippen LogP) is 2.47. The van der Waals surface area contributed by atoms with Gasteiger partial charge in [-0.05, 0) is 23.8 Å². The second-order valence-electron chi connectivity index (χ2n) is 8.27. The van der Waals surface area contributed by atoms with Crippen LogP contribution in [0.2, 0.25) is 0 Å². The lowest BCUT2D eigenvalue weighted by atomic mass is 9.89. The number of benzene rings is 1. The number of urea groups is 1. The van der Waals surface area contributed by atoms with Crippen LogP contribution in [0.1, 0.15) is 11.6 Å². The van der Waals surface area contributed by atoms with Crippen LogP contribution in [-0.2, 0) is 0 Å². The molecule has 154 valence electrons. The fraction of sp³-hybridized carbons (Fsp3) is 0.476. The highest BCUT2D eigenvalue weighted by molar-refractivity contribution is 5.75. The zero-order valence-corrected chi connectivity index (χ0v) is 17.3. The van der Waals surface area contributed by atoms with Crippen LogP contribution in [0, 0.1) is 17.7 Å². The molecule has 1 aromatic carbocycles. The Morgan fingerprint density at radius 1 is 1.14 bits per heavy atom. The summed E-state index contributed by atoms with van der Waals surface area (Å²) in [7, 11) is 7.42. The summed E-state index contributed by atoms with van der Waals surface area (Å²) in [5.41, 5.74) is 0.845. The second-order valence-corrected chi connectivity index (χ2v) is 8.27. The van der Waals surface area contributed by atoms with Gasteiger partial charge in [0.15, 0.2) is 0 Å². The van der Waals surface area contributed by atoms with Gasteiger partial charge in [0.05, 0.1) is 6.04 Å². The third-order valence-electron chi connectivity index (χ3n) is 5.85. The van der Waals surface area contributed by atoms with Crippen molar-refractivity contribution in [2.24, 2.45) is 11.8 Å². The van der Waals surface area contributed by atoms with E-state index in [-0.39, 0.29) is 23.8 Å². The number of rotatable bonds is 3. The van der Waals surface area contributed by atoms with Crippen molar-refractivity contribution in [3.8, 4) is 0 Å². The smallest absolute Gasteiger partial charge is 0.320 e. The summed E-state index contributed by atoms with van der Waals surface area (Å²) in [6, 6.07) is 8.31. The minimum atomic E-state index is -0.278. The Balaban J connectivity index is 1.64. The van der Waals surface area contributed by atoms with Gasteiger partial charge in [-0.15, -0.1) is 0 Å². The molecule has 0 radical (unpaired) electrons. The number of hydrogen-bond donors (Lipinski definition) is 0. The molecule has 4 rings (SSSR count). The van der Waals surface area contributed by atoms with Gasteiger partial charge >= 0.3 is 6.03 Å². The van der Waals surface area contributed by atoms with E-state index in [0.717, 1.165) is 24.5 Å². The highest BCUT2D eigenvalue weighted by Gasteiger charge is 2.50. The van der Waals surface area contributed by atoms with E-state index in [1.165, 1.54) is 6.07 Å². The Labute approximate surface area is 170 Å². The summed E-state index contributed by atoms with van der Waals surface area (Å²) in [4.78, 5) is 29.6. The number of aromatic nitrogens is 2. The first kappa shape index (κ1) is 19.4. The standard InChI is InChI=1S/C21H27FN6O/c1-25(2)18-8-9-23-20(24-18)27-11-15-12-28(21(29)26(3)4)19(17(15)13-27)14-6-5-7-16(22)10-14/h5-10,15,17,19H,11-13H2,1-4H3/t15-,17-,19-/m1/s1. The molecule has 2 aliphatic rings. The Morgan fingerprint density at radius 2 is 1.93 bits per heavy atom. The van der Waals surface area contributed by atoms with Crippen LogP contribution >= 0.6 is 0 Å². The molecule has 2 amide bonds. The van der Waals surface area contributed by atoms with Gasteiger partial charge in [0.25, 0.3) is 0 Å². The third kappa shape index (κ3) is 3.59. The zero-order chi connectivity index (χ0) is 20.7.